The topological polar surface area (TPSA) is 164 Å². The van der Waals surface area contributed by atoms with E-state index < -0.39 is 67.0 Å². The van der Waals surface area contributed by atoms with E-state index in [0.717, 1.165) is 20.8 Å². The summed E-state index contributed by atoms with van der Waals surface area (Å²) in [5.41, 5.74) is -0.189. The van der Waals surface area contributed by atoms with E-state index in [1.165, 1.54) is 31.2 Å². The van der Waals surface area contributed by atoms with Crippen molar-refractivity contribution in [2.24, 2.45) is 0 Å². The molecule has 180 valence electrons. The Morgan fingerprint density at radius 2 is 1.52 bits per heavy atom. The zero-order valence-corrected chi connectivity index (χ0v) is 18.4. The van der Waals surface area contributed by atoms with E-state index in [0.29, 0.717) is 0 Å². The number of hydrogen-bond acceptors (Lipinski definition) is 11. The normalized spacial score (nSPS) is 24.2. The first-order chi connectivity index (χ1) is 15.5. The van der Waals surface area contributed by atoms with Gasteiger partial charge in [0.2, 0.25) is 12.2 Å². The first-order valence-corrected chi connectivity index (χ1v) is 9.89. The SMILES string of the molecule is CC(=O)NC1C(OC(=O)c2ccccc2O)OC(COC(C)=O)C(OC(C)=O)C1OC(C)=O. The molecule has 1 saturated heterocycles. The van der Waals surface area contributed by atoms with Crippen molar-refractivity contribution in [2.75, 3.05) is 6.61 Å². The van der Waals surface area contributed by atoms with Gasteiger partial charge in [0.05, 0.1) is 0 Å². The molecule has 33 heavy (non-hydrogen) atoms. The van der Waals surface area contributed by atoms with Gasteiger partial charge < -0.3 is 34.1 Å². The Hall–Kier alpha value is -3.67. The van der Waals surface area contributed by atoms with Crippen LogP contribution in [0.3, 0.4) is 0 Å². The van der Waals surface area contributed by atoms with Crippen molar-refractivity contribution >= 4 is 29.8 Å². The Kier molecular flexibility index (Phi) is 8.74. The lowest BCUT2D eigenvalue weighted by atomic mass is 9.96. The summed E-state index contributed by atoms with van der Waals surface area (Å²) < 4.78 is 26.6. The first-order valence-electron chi connectivity index (χ1n) is 9.89. The van der Waals surface area contributed by atoms with Crippen molar-refractivity contribution in [1.29, 1.82) is 0 Å². The Bertz CT molecular complexity index is 915. The van der Waals surface area contributed by atoms with Crippen LogP contribution in [-0.2, 0) is 42.9 Å². The van der Waals surface area contributed by atoms with Crippen LogP contribution in [0.25, 0.3) is 0 Å². The minimum Gasteiger partial charge on any atom is -0.507 e. The van der Waals surface area contributed by atoms with Gasteiger partial charge in [-0.05, 0) is 12.1 Å². The number of phenols is 1. The standard InChI is InChI=1S/C21H25NO11/c1-10(23)22-17-19(31-13(4)26)18(30-12(3)25)16(9-29-11(2)24)32-21(17)33-20(28)14-7-5-6-8-15(14)27/h5-8,16-19,21,27H,9H2,1-4H3,(H,22,23). The van der Waals surface area contributed by atoms with Gasteiger partial charge in [0.15, 0.2) is 12.2 Å². The molecule has 12 heteroatoms. The lowest BCUT2D eigenvalue weighted by Crippen LogP contribution is -2.66. The number of para-hydroxylation sites is 1. The van der Waals surface area contributed by atoms with Gasteiger partial charge in [-0.3, -0.25) is 19.2 Å². The van der Waals surface area contributed by atoms with Crippen molar-refractivity contribution in [2.45, 2.75) is 58.3 Å². The lowest BCUT2D eigenvalue weighted by Gasteiger charge is -2.44. The molecule has 0 spiro atoms. The molecule has 5 atom stereocenters. The summed E-state index contributed by atoms with van der Waals surface area (Å²) in [6.07, 6.45) is -5.48. The fourth-order valence-corrected chi connectivity index (χ4v) is 3.21. The fourth-order valence-electron chi connectivity index (χ4n) is 3.21. The third kappa shape index (κ3) is 7.17. The van der Waals surface area contributed by atoms with Gasteiger partial charge in [0.25, 0.3) is 0 Å². The van der Waals surface area contributed by atoms with Gasteiger partial charge >= 0.3 is 23.9 Å². The maximum absolute atomic E-state index is 12.7. The van der Waals surface area contributed by atoms with Crippen molar-refractivity contribution in [3.63, 3.8) is 0 Å². The van der Waals surface area contributed by atoms with Crippen LogP contribution in [0.2, 0.25) is 0 Å². The second-order valence-electron chi connectivity index (χ2n) is 7.14. The quantitative estimate of drug-likeness (QED) is 0.416. The highest BCUT2D eigenvalue weighted by molar-refractivity contribution is 5.92. The molecule has 1 aromatic rings. The number of benzene rings is 1. The summed E-state index contributed by atoms with van der Waals surface area (Å²) in [5.74, 6) is -4.18. The van der Waals surface area contributed by atoms with Crippen LogP contribution < -0.4 is 5.32 Å². The Morgan fingerprint density at radius 3 is 2.06 bits per heavy atom. The summed E-state index contributed by atoms with van der Waals surface area (Å²) in [6.45, 7) is 4.06. The second-order valence-corrected chi connectivity index (χ2v) is 7.14. The van der Waals surface area contributed by atoms with Gasteiger partial charge in [0.1, 0.15) is 30.1 Å². The Balaban J connectivity index is 2.45. The maximum Gasteiger partial charge on any atom is 0.344 e. The predicted molar refractivity (Wildman–Crippen MR) is 108 cm³/mol. The average molecular weight is 467 g/mol. The molecule has 0 saturated carbocycles. The van der Waals surface area contributed by atoms with Crippen molar-refractivity contribution < 1.29 is 52.8 Å². The molecule has 1 aliphatic rings. The molecule has 1 aromatic carbocycles. The number of esters is 4. The van der Waals surface area contributed by atoms with Gasteiger partial charge in [-0.25, -0.2) is 4.79 Å². The summed E-state index contributed by atoms with van der Waals surface area (Å²) in [7, 11) is 0. The third-order valence-electron chi connectivity index (χ3n) is 4.42. The molecule has 0 bridgehead atoms. The number of carbonyl (C=O) groups excluding carboxylic acids is 5. The van der Waals surface area contributed by atoms with Crippen LogP contribution in [0.15, 0.2) is 24.3 Å². The van der Waals surface area contributed by atoms with E-state index in [4.69, 9.17) is 23.7 Å². The smallest absolute Gasteiger partial charge is 0.344 e. The van der Waals surface area contributed by atoms with Gasteiger partial charge in [-0.2, -0.15) is 0 Å². The van der Waals surface area contributed by atoms with Crippen LogP contribution in [0, 0.1) is 0 Å². The largest absolute Gasteiger partial charge is 0.507 e. The van der Waals surface area contributed by atoms with Crippen LogP contribution in [0.1, 0.15) is 38.1 Å². The van der Waals surface area contributed by atoms with E-state index in [1.807, 2.05) is 0 Å². The van der Waals surface area contributed by atoms with Crippen LogP contribution in [0.5, 0.6) is 5.75 Å². The summed E-state index contributed by atoms with van der Waals surface area (Å²) in [5, 5.41) is 12.4. The number of nitrogens with one attached hydrogen (secondary N) is 1. The fraction of sp³-hybridized carbons (Fsp3) is 0.476. The number of aromatic hydroxyl groups is 1. The number of carbonyl (C=O) groups is 5. The van der Waals surface area contributed by atoms with Gasteiger partial charge in [0, 0.05) is 27.7 Å². The maximum atomic E-state index is 12.7. The molecule has 1 heterocycles. The molecule has 2 N–H and O–H groups in total. The molecule has 1 fully saturated rings. The minimum atomic E-state index is -1.57. The third-order valence-corrected chi connectivity index (χ3v) is 4.42. The summed E-state index contributed by atoms with van der Waals surface area (Å²) >= 11 is 0. The molecule has 0 aromatic heterocycles. The molecule has 1 amide bonds. The number of rotatable bonds is 7. The molecule has 0 aliphatic carbocycles. The van der Waals surface area contributed by atoms with Crippen molar-refractivity contribution in [3.05, 3.63) is 29.8 Å². The highest BCUT2D eigenvalue weighted by Gasteiger charge is 2.52. The van der Waals surface area contributed by atoms with E-state index >= 15 is 0 Å². The van der Waals surface area contributed by atoms with Crippen molar-refractivity contribution in [3.8, 4) is 5.75 Å². The molecule has 5 unspecified atom stereocenters. The monoisotopic (exact) mass is 467 g/mol. The molecule has 12 nitrogen and oxygen atoms in total. The van der Waals surface area contributed by atoms with E-state index in [1.54, 1.807) is 0 Å². The first kappa shape index (κ1) is 25.6. The molecular formula is C21H25NO11. The van der Waals surface area contributed by atoms with Gasteiger partial charge in [-0.15, -0.1) is 0 Å². The molecule has 1 aliphatic heterocycles. The highest BCUT2D eigenvalue weighted by Crippen LogP contribution is 2.29. The van der Waals surface area contributed by atoms with E-state index in [2.05, 4.69) is 5.32 Å². The average Bonchev–Trinajstić information content (AvgIpc) is 2.70. The van der Waals surface area contributed by atoms with Crippen molar-refractivity contribution in [1.82, 2.24) is 5.32 Å². The Labute approximate surface area is 189 Å². The molecule has 2 rings (SSSR count). The predicted octanol–water partition coefficient (Wildman–Crippen LogP) is 0.205. The van der Waals surface area contributed by atoms with Crippen LogP contribution >= 0.6 is 0 Å². The minimum absolute atomic E-state index is 0.189. The lowest BCUT2D eigenvalue weighted by molar-refractivity contribution is -0.263. The molecular weight excluding hydrogens is 442 g/mol. The number of hydrogen-bond donors (Lipinski definition) is 2. The van der Waals surface area contributed by atoms with E-state index in [-0.39, 0.29) is 11.3 Å². The highest BCUT2D eigenvalue weighted by atomic mass is 16.7. The number of phenolic OH excluding ortho intramolecular Hbond substituents is 1. The van der Waals surface area contributed by atoms with Crippen LogP contribution in [0.4, 0.5) is 0 Å². The molecule has 0 radical (unpaired) electrons. The zero-order valence-electron chi connectivity index (χ0n) is 18.4. The van der Waals surface area contributed by atoms with Gasteiger partial charge in [-0.1, -0.05) is 12.1 Å². The number of amides is 1. The summed E-state index contributed by atoms with van der Waals surface area (Å²) in [4.78, 5) is 59.4. The summed E-state index contributed by atoms with van der Waals surface area (Å²) in [6, 6.07) is 4.25. The second kappa shape index (κ2) is 11.3. The Morgan fingerprint density at radius 1 is 0.909 bits per heavy atom. The van der Waals surface area contributed by atoms with E-state index in [9.17, 15) is 29.1 Å². The zero-order chi connectivity index (χ0) is 24.7. The van der Waals surface area contributed by atoms with Crippen LogP contribution in [-0.4, -0.2) is 72.1 Å². The number of ether oxygens (including phenoxy) is 5.